The van der Waals surface area contributed by atoms with Crippen LogP contribution in [0.2, 0.25) is 0 Å². The van der Waals surface area contributed by atoms with Gasteiger partial charge >= 0.3 is 6.03 Å². The largest absolute Gasteiger partial charge is 0.394 e. The van der Waals surface area contributed by atoms with Crippen LogP contribution >= 0.6 is 0 Å². The molecule has 1 unspecified atom stereocenters. The van der Waals surface area contributed by atoms with Gasteiger partial charge in [0.2, 0.25) is 0 Å². The van der Waals surface area contributed by atoms with E-state index in [4.69, 9.17) is 0 Å². The Hall–Kier alpha value is -2.47. The molecule has 0 aliphatic carbocycles. The molecule has 2 aromatic rings. The first-order valence-electron chi connectivity index (χ1n) is 7.71. The average molecular weight is 334 g/mol. The zero-order valence-corrected chi connectivity index (χ0v) is 13.4. The van der Waals surface area contributed by atoms with Crippen LogP contribution in [0.1, 0.15) is 29.7 Å². The van der Waals surface area contributed by atoms with E-state index >= 15 is 0 Å². The van der Waals surface area contributed by atoms with Crippen LogP contribution in [0.5, 0.6) is 0 Å². The molecule has 6 heteroatoms. The molecule has 0 aliphatic rings. The number of carbonyl (C=O) groups excluding carboxylic acids is 1. The van der Waals surface area contributed by atoms with E-state index in [1.165, 1.54) is 0 Å². The Balaban J connectivity index is 1.95. The number of aliphatic hydroxyl groups is 1. The molecular weight excluding hydrogens is 314 g/mol. The number of aryl methyl sites for hydroxylation is 1. The highest BCUT2D eigenvalue weighted by atomic mass is 19.1. The summed E-state index contributed by atoms with van der Waals surface area (Å²) in [7, 11) is 0. The van der Waals surface area contributed by atoms with Crippen molar-refractivity contribution in [2.75, 3.05) is 6.61 Å². The van der Waals surface area contributed by atoms with Gasteiger partial charge in [-0.1, -0.05) is 31.2 Å². The fourth-order valence-electron chi connectivity index (χ4n) is 2.28. The first-order valence-corrected chi connectivity index (χ1v) is 7.71. The number of hydrogen-bond acceptors (Lipinski definition) is 2. The highest BCUT2D eigenvalue weighted by molar-refractivity contribution is 5.74. The Kier molecular flexibility index (Phi) is 6.26. The monoisotopic (exact) mass is 334 g/mol. The van der Waals surface area contributed by atoms with Gasteiger partial charge in [-0.25, -0.2) is 13.6 Å². The van der Waals surface area contributed by atoms with Crippen molar-refractivity contribution in [2.45, 2.75) is 25.9 Å². The van der Waals surface area contributed by atoms with Gasteiger partial charge in [0, 0.05) is 12.1 Å². The van der Waals surface area contributed by atoms with Gasteiger partial charge in [0.05, 0.1) is 12.6 Å². The van der Waals surface area contributed by atoms with E-state index in [-0.39, 0.29) is 18.7 Å². The summed E-state index contributed by atoms with van der Waals surface area (Å²) in [5, 5.41) is 14.5. The summed E-state index contributed by atoms with van der Waals surface area (Å²) in [6, 6.07) is 9.45. The predicted octanol–water partition coefficient (Wildman–Crippen LogP) is 3.06. The summed E-state index contributed by atoms with van der Waals surface area (Å²) in [6.07, 6.45) is 0.900. The van der Waals surface area contributed by atoms with Gasteiger partial charge in [-0.2, -0.15) is 0 Å². The maximum Gasteiger partial charge on any atom is 0.315 e. The Morgan fingerprint density at radius 1 is 1.17 bits per heavy atom. The Morgan fingerprint density at radius 2 is 1.88 bits per heavy atom. The van der Waals surface area contributed by atoms with Gasteiger partial charge in [-0.05, 0) is 35.7 Å². The lowest BCUT2D eigenvalue weighted by Crippen LogP contribution is -2.39. The number of benzene rings is 2. The molecule has 2 aromatic carbocycles. The molecule has 0 bridgehead atoms. The molecule has 0 saturated carbocycles. The Labute approximate surface area is 139 Å². The normalized spacial score (nSPS) is 11.8. The molecule has 0 spiro atoms. The summed E-state index contributed by atoms with van der Waals surface area (Å²) in [5.41, 5.74) is 1.97. The molecular formula is C18H20F2N2O2. The third-order valence-electron chi connectivity index (χ3n) is 3.73. The second kappa shape index (κ2) is 8.40. The highest BCUT2D eigenvalue weighted by Crippen LogP contribution is 2.14. The molecule has 128 valence electrons. The SMILES string of the molecule is CCc1ccc(C(CO)NC(=O)NCc2cc(F)ccc2F)cc1. The zero-order valence-electron chi connectivity index (χ0n) is 13.4. The van der Waals surface area contributed by atoms with Crippen molar-refractivity contribution in [1.82, 2.24) is 10.6 Å². The summed E-state index contributed by atoms with van der Waals surface area (Å²) in [5.74, 6) is -1.16. The number of nitrogens with one attached hydrogen (secondary N) is 2. The molecule has 2 amide bonds. The summed E-state index contributed by atoms with van der Waals surface area (Å²) >= 11 is 0. The van der Waals surface area contributed by atoms with Crippen LogP contribution < -0.4 is 10.6 Å². The van der Waals surface area contributed by atoms with E-state index in [0.717, 1.165) is 35.7 Å². The number of rotatable bonds is 6. The van der Waals surface area contributed by atoms with Crippen LogP contribution in [-0.4, -0.2) is 17.7 Å². The fraction of sp³-hybridized carbons (Fsp3) is 0.278. The minimum atomic E-state index is -0.592. The lowest BCUT2D eigenvalue weighted by Gasteiger charge is -2.18. The Morgan fingerprint density at radius 3 is 2.50 bits per heavy atom. The van der Waals surface area contributed by atoms with E-state index in [1.54, 1.807) is 0 Å². The topological polar surface area (TPSA) is 61.4 Å². The molecule has 0 aliphatic heterocycles. The summed E-state index contributed by atoms with van der Waals surface area (Å²) in [6.45, 7) is 1.62. The number of urea groups is 1. The van der Waals surface area contributed by atoms with E-state index < -0.39 is 23.7 Å². The second-order valence-electron chi connectivity index (χ2n) is 5.39. The first kappa shape index (κ1) is 17.9. The smallest absolute Gasteiger partial charge is 0.315 e. The van der Waals surface area contributed by atoms with Crippen molar-refractivity contribution >= 4 is 6.03 Å². The highest BCUT2D eigenvalue weighted by Gasteiger charge is 2.14. The van der Waals surface area contributed by atoms with Crippen molar-refractivity contribution < 1.29 is 18.7 Å². The fourth-order valence-corrected chi connectivity index (χ4v) is 2.28. The lowest BCUT2D eigenvalue weighted by atomic mass is 10.0. The number of amides is 2. The molecule has 0 saturated heterocycles. The average Bonchev–Trinajstić information content (AvgIpc) is 2.60. The molecule has 3 N–H and O–H groups in total. The van der Waals surface area contributed by atoms with Crippen molar-refractivity contribution in [1.29, 1.82) is 0 Å². The van der Waals surface area contributed by atoms with E-state index in [1.807, 2.05) is 31.2 Å². The predicted molar refractivity (Wildman–Crippen MR) is 87.4 cm³/mol. The van der Waals surface area contributed by atoms with E-state index in [0.29, 0.717) is 0 Å². The van der Waals surface area contributed by atoms with Crippen LogP contribution in [0.3, 0.4) is 0 Å². The Bertz CT molecular complexity index is 690. The minimum Gasteiger partial charge on any atom is -0.394 e. The van der Waals surface area contributed by atoms with Gasteiger partial charge < -0.3 is 15.7 Å². The molecule has 0 heterocycles. The van der Waals surface area contributed by atoms with Crippen LogP contribution in [0, 0.1) is 11.6 Å². The van der Waals surface area contributed by atoms with Crippen LogP contribution in [-0.2, 0) is 13.0 Å². The van der Waals surface area contributed by atoms with Crippen molar-refractivity contribution in [3.05, 3.63) is 70.8 Å². The zero-order chi connectivity index (χ0) is 17.5. The minimum absolute atomic E-state index is 0.0537. The van der Waals surface area contributed by atoms with Gasteiger partial charge in [0.1, 0.15) is 11.6 Å². The maximum absolute atomic E-state index is 13.5. The van der Waals surface area contributed by atoms with Gasteiger partial charge in [0.15, 0.2) is 0 Å². The molecule has 24 heavy (non-hydrogen) atoms. The van der Waals surface area contributed by atoms with E-state index in [2.05, 4.69) is 10.6 Å². The molecule has 0 aromatic heterocycles. The molecule has 0 radical (unpaired) electrons. The number of aliphatic hydroxyl groups excluding tert-OH is 1. The van der Waals surface area contributed by atoms with Crippen LogP contribution in [0.25, 0.3) is 0 Å². The molecule has 0 fully saturated rings. The summed E-state index contributed by atoms with van der Waals surface area (Å²) < 4.78 is 26.6. The molecule has 1 atom stereocenters. The quantitative estimate of drug-likeness (QED) is 0.760. The van der Waals surface area contributed by atoms with Crippen molar-refractivity contribution in [3.63, 3.8) is 0 Å². The molecule has 4 nitrogen and oxygen atoms in total. The van der Waals surface area contributed by atoms with Crippen LogP contribution in [0.4, 0.5) is 13.6 Å². The van der Waals surface area contributed by atoms with Crippen molar-refractivity contribution in [2.24, 2.45) is 0 Å². The standard InChI is InChI=1S/C18H20F2N2O2/c1-2-12-3-5-13(6-4-12)17(11-23)22-18(24)21-10-14-9-15(19)7-8-16(14)20/h3-9,17,23H,2,10-11H2,1H3,(H2,21,22,24). The maximum atomic E-state index is 13.5. The van der Waals surface area contributed by atoms with Gasteiger partial charge in [-0.15, -0.1) is 0 Å². The van der Waals surface area contributed by atoms with Crippen molar-refractivity contribution in [3.8, 4) is 0 Å². The number of hydrogen-bond donors (Lipinski definition) is 3. The third-order valence-corrected chi connectivity index (χ3v) is 3.73. The lowest BCUT2D eigenvalue weighted by molar-refractivity contribution is 0.216. The number of halogens is 2. The van der Waals surface area contributed by atoms with Crippen LogP contribution in [0.15, 0.2) is 42.5 Å². The molecule has 2 rings (SSSR count). The third kappa shape index (κ3) is 4.76. The number of carbonyl (C=O) groups is 1. The van der Waals surface area contributed by atoms with Gasteiger partial charge in [0.25, 0.3) is 0 Å². The van der Waals surface area contributed by atoms with Gasteiger partial charge in [-0.3, -0.25) is 0 Å². The summed E-state index contributed by atoms with van der Waals surface area (Å²) in [4.78, 5) is 11.9. The second-order valence-corrected chi connectivity index (χ2v) is 5.39. The van der Waals surface area contributed by atoms with E-state index in [9.17, 15) is 18.7 Å². The first-order chi connectivity index (χ1) is 11.5.